The van der Waals surface area contributed by atoms with Crippen LogP contribution in [0.4, 0.5) is 10.1 Å². The maximum Gasteiger partial charge on any atom is 0.224 e. The fraction of sp³-hybridized carbons (Fsp3) is 0.593. The highest BCUT2D eigenvalue weighted by molar-refractivity contribution is 6.33. The van der Waals surface area contributed by atoms with Crippen LogP contribution in [0, 0.1) is 35.4 Å². The molecule has 0 radical (unpaired) electrons. The van der Waals surface area contributed by atoms with Crippen LogP contribution in [0.15, 0.2) is 34.7 Å². The van der Waals surface area contributed by atoms with Crippen LogP contribution in [0.5, 0.6) is 0 Å². The van der Waals surface area contributed by atoms with Gasteiger partial charge in [-0.2, -0.15) is 0 Å². The molecule has 2 saturated carbocycles. The molecule has 1 atom stereocenters. The van der Waals surface area contributed by atoms with Crippen LogP contribution in [0.2, 0.25) is 5.02 Å². The zero-order chi connectivity index (χ0) is 26.0. The van der Waals surface area contributed by atoms with Crippen LogP contribution < -0.4 is 5.32 Å². The summed E-state index contributed by atoms with van der Waals surface area (Å²) in [6, 6.07) is 3.84. The lowest BCUT2D eigenvalue weighted by atomic mass is 9.69. The normalized spacial score (nSPS) is 20.5. The molecule has 194 valence electrons. The number of aldehydes is 1. The minimum atomic E-state index is -0.467. The molecule has 8 heteroatoms. The van der Waals surface area contributed by atoms with Crippen LogP contribution in [-0.4, -0.2) is 31.1 Å². The van der Waals surface area contributed by atoms with Crippen molar-refractivity contribution in [3.05, 3.63) is 40.4 Å². The van der Waals surface area contributed by atoms with Crippen molar-refractivity contribution in [2.24, 2.45) is 34.7 Å². The van der Waals surface area contributed by atoms with Gasteiger partial charge in [-0.25, -0.2) is 4.39 Å². The largest absolute Gasteiger partial charge is 0.400 e. The molecule has 2 aliphatic carbocycles. The number of nitrogens with zero attached hydrogens (tertiary/aromatic N) is 1. The molecule has 1 aromatic carbocycles. The van der Waals surface area contributed by atoms with Crippen LogP contribution in [0.1, 0.15) is 65.2 Å². The number of nitrogens with one attached hydrogen (secondary N) is 1. The fourth-order valence-electron chi connectivity index (χ4n) is 4.91. The number of amides is 1. The highest BCUT2D eigenvalue weighted by Gasteiger charge is 2.39. The third-order valence-electron chi connectivity index (χ3n) is 6.58. The first-order valence-electron chi connectivity index (χ1n) is 12.3. The van der Waals surface area contributed by atoms with Gasteiger partial charge in [0.1, 0.15) is 17.9 Å². The number of aliphatic hydroxyl groups excluding tert-OH is 1. The molecule has 0 aliphatic heterocycles. The number of hydrogen-bond acceptors (Lipinski definition) is 5. The van der Waals surface area contributed by atoms with Gasteiger partial charge in [-0.15, -0.1) is 0 Å². The zero-order valence-corrected chi connectivity index (χ0v) is 21.7. The molecule has 0 saturated heterocycles. The Kier molecular flexibility index (Phi) is 11.9. The maximum absolute atomic E-state index is 13.3. The highest BCUT2D eigenvalue weighted by atomic mass is 35.5. The van der Waals surface area contributed by atoms with Gasteiger partial charge in [-0.05, 0) is 86.0 Å². The van der Waals surface area contributed by atoms with Gasteiger partial charge in [0.15, 0.2) is 0 Å². The summed E-state index contributed by atoms with van der Waals surface area (Å²) >= 11 is 6.03. The summed E-state index contributed by atoms with van der Waals surface area (Å²) < 4.78 is 13.3. The molecule has 3 rings (SSSR count). The Labute approximate surface area is 212 Å². The molecule has 0 heterocycles. The number of carbonyl (C=O) groups excluding carboxylic acids is 2. The summed E-state index contributed by atoms with van der Waals surface area (Å²) in [5.41, 5.74) is 1.55. The Balaban J connectivity index is 0.00000210. The monoisotopic (exact) mass is 508 g/mol. The lowest BCUT2D eigenvalue weighted by Crippen LogP contribution is -2.28. The van der Waals surface area contributed by atoms with Crippen molar-refractivity contribution in [2.75, 3.05) is 12.4 Å². The standard InChI is InChI=1S/C26H34ClFN2O3.CH4O/c1-16(2)10-18-11-20(12-18)26(33-29-3)22(19-4-5-19)13-17(8-9-31)14-25(32)30-24-7-6-21(28)15-23(24)27;1-2/h6-7,9,15-20H,3-5,8,10-14H2,1-2H3,(H,30,32);2H,1H3/b26-22+;. The molecule has 2 N–H and O–H groups in total. The van der Waals surface area contributed by atoms with E-state index in [1.165, 1.54) is 24.1 Å². The van der Waals surface area contributed by atoms with Crippen molar-refractivity contribution in [1.82, 2.24) is 0 Å². The predicted octanol–water partition coefficient (Wildman–Crippen LogP) is 6.38. The summed E-state index contributed by atoms with van der Waals surface area (Å²) in [5.74, 6) is 2.16. The second-order valence-corrected chi connectivity index (χ2v) is 10.3. The molecule has 35 heavy (non-hydrogen) atoms. The smallest absolute Gasteiger partial charge is 0.224 e. The first-order valence-corrected chi connectivity index (χ1v) is 12.7. The molecule has 1 unspecified atom stereocenters. The number of rotatable bonds is 13. The zero-order valence-electron chi connectivity index (χ0n) is 20.9. The average Bonchev–Trinajstić information content (AvgIpc) is 3.62. The molecule has 0 spiro atoms. The molecule has 6 nitrogen and oxygen atoms in total. The van der Waals surface area contributed by atoms with Crippen molar-refractivity contribution in [2.45, 2.75) is 65.2 Å². The number of hydrogen-bond donors (Lipinski definition) is 2. The molecular formula is C27H38ClFN2O4. The number of anilines is 1. The van der Waals surface area contributed by atoms with E-state index in [1.807, 2.05) is 0 Å². The van der Waals surface area contributed by atoms with Crippen molar-refractivity contribution >= 4 is 36.2 Å². The van der Waals surface area contributed by atoms with Crippen LogP contribution >= 0.6 is 11.6 Å². The van der Waals surface area contributed by atoms with E-state index in [9.17, 15) is 14.0 Å². The van der Waals surface area contributed by atoms with E-state index in [0.717, 1.165) is 50.9 Å². The number of oxime groups is 1. The molecule has 0 bridgehead atoms. The number of allylic oxidation sites excluding steroid dienone is 2. The second-order valence-electron chi connectivity index (χ2n) is 9.90. The Hall–Kier alpha value is -2.25. The Bertz CT molecular complexity index is 895. The minimum Gasteiger partial charge on any atom is -0.400 e. The minimum absolute atomic E-state index is 0.141. The van der Waals surface area contributed by atoms with Gasteiger partial charge in [0.2, 0.25) is 5.91 Å². The van der Waals surface area contributed by atoms with Crippen molar-refractivity contribution in [1.29, 1.82) is 0 Å². The third-order valence-corrected chi connectivity index (χ3v) is 6.89. The van der Waals surface area contributed by atoms with Gasteiger partial charge < -0.3 is 20.1 Å². The van der Waals surface area contributed by atoms with Gasteiger partial charge >= 0.3 is 0 Å². The molecular weight excluding hydrogens is 471 g/mol. The van der Waals surface area contributed by atoms with Crippen LogP contribution in [0.25, 0.3) is 0 Å². The molecule has 1 aromatic rings. The van der Waals surface area contributed by atoms with Crippen LogP contribution in [-0.2, 0) is 14.4 Å². The Morgan fingerprint density at radius 3 is 2.51 bits per heavy atom. The summed E-state index contributed by atoms with van der Waals surface area (Å²) in [4.78, 5) is 29.8. The molecule has 1 amide bonds. The topological polar surface area (TPSA) is 88.0 Å². The van der Waals surface area contributed by atoms with E-state index < -0.39 is 5.82 Å². The second kappa shape index (κ2) is 14.3. The van der Waals surface area contributed by atoms with Crippen molar-refractivity contribution in [3.63, 3.8) is 0 Å². The average molecular weight is 509 g/mol. The Morgan fingerprint density at radius 1 is 1.29 bits per heavy atom. The molecule has 2 aliphatic rings. The van der Waals surface area contributed by atoms with E-state index in [4.69, 9.17) is 21.5 Å². The first kappa shape index (κ1) is 29.0. The number of halogens is 2. The highest BCUT2D eigenvalue weighted by Crippen LogP contribution is 2.49. The number of aliphatic hydroxyl groups is 1. The maximum atomic E-state index is 13.3. The van der Waals surface area contributed by atoms with Crippen molar-refractivity contribution in [3.8, 4) is 0 Å². The quantitative estimate of drug-likeness (QED) is 0.140. The molecule has 0 aromatic heterocycles. The SMILES string of the molecule is C=NO/C(=C(\CC(CC=O)CC(=O)Nc1ccc(F)cc1Cl)C1CC1)C1CC(CC(C)C)C1.CO. The van der Waals surface area contributed by atoms with E-state index in [1.54, 1.807) is 0 Å². The number of carbonyl (C=O) groups is 2. The van der Waals surface area contributed by atoms with Gasteiger partial charge in [0.25, 0.3) is 0 Å². The van der Waals surface area contributed by atoms with Crippen LogP contribution in [0.3, 0.4) is 0 Å². The fourth-order valence-corrected chi connectivity index (χ4v) is 5.13. The van der Waals surface area contributed by atoms with E-state index >= 15 is 0 Å². The first-order chi connectivity index (χ1) is 16.8. The van der Waals surface area contributed by atoms with E-state index in [-0.39, 0.29) is 29.7 Å². The van der Waals surface area contributed by atoms with Gasteiger partial charge in [-0.3, -0.25) is 4.79 Å². The van der Waals surface area contributed by atoms with Gasteiger partial charge in [-0.1, -0.05) is 30.6 Å². The van der Waals surface area contributed by atoms with Gasteiger partial charge in [0.05, 0.1) is 10.7 Å². The third kappa shape index (κ3) is 9.04. The summed E-state index contributed by atoms with van der Waals surface area (Å²) in [6.07, 6.45) is 7.48. The lowest BCUT2D eigenvalue weighted by Gasteiger charge is -2.38. The summed E-state index contributed by atoms with van der Waals surface area (Å²) in [5, 5.41) is 13.6. The van der Waals surface area contributed by atoms with E-state index in [0.29, 0.717) is 35.8 Å². The summed E-state index contributed by atoms with van der Waals surface area (Å²) in [6.45, 7) is 8.02. The molecule has 2 fully saturated rings. The predicted molar refractivity (Wildman–Crippen MR) is 138 cm³/mol. The lowest BCUT2D eigenvalue weighted by molar-refractivity contribution is -0.117. The van der Waals surface area contributed by atoms with Crippen molar-refractivity contribution < 1.29 is 23.9 Å². The summed E-state index contributed by atoms with van der Waals surface area (Å²) in [7, 11) is 1.00. The van der Waals surface area contributed by atoms with Gasteiger partial charge in [0, 0.05) is 32.6 Å². The van der Waals surface area contributed by atoms with E-state index in [2.05, 4.69) is 31.0 Å². The number of benzene rings is 1. The Morgan fingerprint density at radius 2 is 1.97 bits per heavy atom.